The second-order valence-corrected chi connectivity index (χ2v) is 16.5. The van der Waals surface area contributed by atoms with Crippen LogP contribution in [-0.4, -0.2) is 114 Å². The van der Waals surface area contributed by atoms with Gasteiger partial charge in [0.15, 0.2) is 0 Å². The number of thioether (sulfide) groups is 2. The normalized spacial score (nSPS) is 18.8. The van der Waals surface area contributed by atoms with Gasteiger partial charge in [-0.15, -0.1) is 11.8 Å². The van der Waals surface area contributed by atoms with Gasteiger partial charge >= 0.3 is 0 Å². The molecule has 0 aliphatic rings. The van der Waals surface area contributed by atoms with E-state index in [1.54, 1.807) is 0 Å². The first-order chi connectivity index (χ1) is 17.0. The summed E-state index contributed by atoms with van der Waals surface area (Å²) < 4.78 is 29.8. The number of thiol groups is 5. The molecular formula is C24H50O5S7. The molecule has 0 spiro atoms. The van der Waals surface area contributed by atoms with Crippen LogP contribution in [0.5, 0.6) is 0 Å². The highest BCUT2D eigenvalue weighted by Gasteiger charge is 2.28. The van der Waals surface area contributed by atoms with E-state index >= 15 is 0 Å². The van der Waals surface area contributed by atoms with E-state index in [1.165, 1.54) is 0 Å². The van der Waals surface area contributed by atoms with Crippen molar-refractivity contribution in [1.82, 2.24) is 0 Å². The molecule has 0 rings (SSSR count). The highest BCUT2D eigenvalue weighted by Crippen LogP contribution is 2.30. The van der Waals surface area contributed by atoms with E-state index in [4.69, 9.17) is 23.7 Å². The fraction of sp³-hybridized carbons (Fsp3) is 1.00. The van der Waals surface area contributed by atoms with Gasteiger partial charge in [-0.25, -0.2) is 0 Å². The fourth-order valence-electron chi connectivity index (χ4n) is 2.83. The minimum absolute atomic E-state index is 0.152. The molecule has 0 aromatic rings. The highest BCUT2D eigenvalue weighted by molar-refractivity contribution is 8.04. The van der Waals surface area contributed by atoms with Crippen LogP contribution < -0.4 is 0 Å². The van der Waals surface area contributed by atoms with Gasteiger partial charge in [0.05, 0.1) is 71.3 Å². The third-order valence-corrected chi connectivity index (χ3v) is 7.99. The predicted octanol–water partition coefficient (Wildman–Crippen LogP) is 5.23. The summed E-state index contributed by atoms with van der Waals surface area (Å²) in [6.45, 7) is 16.3. The molecule has 7 unspecified atom stereocenters. The van der Waals surface area contributed by atoms with Crippen molar-refractivity contribution in [2.75, 3.05) is 71.8 Å². The first-order valence-electron chi connectivity index (χ1n) is 12.6. The summed E-state index contributed by atoms with van der Waals surface area (Å²) in [5.74, 6) is 0.872. The molecule has 0 aromatic carbocycles. The number of hydrogen-bond donors (Lipinski definition) is 5. The minimum atomic E-state index is 0.152. The molecule has 0 aromatic heterocycles. The molecule has 0 bridgehead atoms. The van der Waals surface area contributed by atoms with Gasteiger partial charge < -0.3 is 23.7 Å². The lowest BCUT2D eigenvalue weighted by Crippen LogP contribution is -2.35. The van der Waals surface area contributed by atoms with Crippen molar-refractivity contribution in [2.45, 2.75) is 76.6 Å². The van der Waals surface area contributed by atoms with Gasteiger partial charge in [0.1, 0.15) is 0 Å². The van der Waals surface area contributed by atoms with Gasteiger partial charge in [-0.2, -0.15) is 74.9 Å². The van der Waals surface area contributed by atoms with Crippen LogP contribution in [-0.2, 0) is 23.7 Å². The summed E-state index contributed by atoms with van der Waals surface area (Å²) in [6, 6.07) is 0. The molecule has 0 aliphatic heterocycles. The number of hydrogen-bond acceptors (Lipinski definition) is 12. The van der Waals surface area contributed by atoms with Crippen LogP contribution in [0, 0.1) is 0 Å². The zero-order valence-electron chi connectivity index (χ0n) is 22.5. The summed E-state index contributed by atoms with van der Waals surface area (Å²) in [6.07, 6.45) is 0. The van der Waals surface area contributed by atoms with Crippen molar-refractivity contribution in [3.63, 3.8) is 0 Å². The van der Waals surface area contributed by atoms with E-state index in [9.17, 15) is 0 Å². The van der Waals surface area contributed by atoms with E-state index in [2.05, 4.69) is 63.1 Å². The van der Waals surface area contributed by atoms with Crippen LogP contribution in [0.3, 0.4) is 0 Å². The van der Waals surface area contributed by atoms with E-state index in [-0.39, 0.29) is 42.0 Å². The van der Waals surface area contributed by atoms with Crippen molar-refractivity contribution in [1.29, 1.82) is 0 Å². The van der Waals surface area contributed by atoms with Gasteiger partial charge in [-0.1, -0.05) is 34.6 Å². The van der Waals surface area contributed by atoms with Crippen molar-refractivity contribution in [3.05, 3.63) is 0 Å². The molecule has 0 fully saturated rings. The molecular weight excluding hydrogens is 593 g/mol. The van der Waals surface area contributed by atoms with Crippen LogP contribution in [0.2, 0.25) is 0 Å². The van der Waals surface area contributed by atoms with E-state index in [1.807, 2.05) is 58.1 Å². The molecule has 0 heterocycles. The van der Waals surface area contributed by atoms with Crippen LogP contribution >= 0.6 is 86.7 Å². The maximum Gasteiger partial charge on any atom is 0.0608 e. The molecule has 5 nitrogen and oxygen atoms in total. The van der Waals surface area contributed by atoms with Crippen molar-refractivity contribution in [2.24, 2.45) is 0 Å². The highest BCUT2D eigenvalue weighted by atomic mass is 32.2. The maximum absolute atomic E-state index is 6.08. The third kappa shape index (κ3) is 25.2. The Morgan fingerprint density at radius 3 is 1.25 bits per heavy atom. The zero-order valence-corrected chi connectivity index (χ0v) is 28.6. The van der Waals surface area contributed by atoms with Gasteiger partial charge in [0, 0.05) is 42.5 Å². The Morgan fingerprint density at radius 2 is 0.833 bits per heavy atom. The van der Waals surface area contributed by atoms with E-state index in [0.717, 1.165) is 5.75 Å². The lowest BCUT2D eigenvalue weighted by atomic mass is 10.3. The van der Waals surface area contributed by atoms with E-state index in [0.29, 0.717) is 66.1 Å². The summed E-state index contributed by atoms with van der Waals surface area (Å²) in [4.78, 5) is 0. The second-order valence-electron chi connectivity index (χ2n) is 9.18. The lowest BCUT2D eigenvalue weighted by molar-refractivity contribution is 0.0895. The smallest absolute Gasteiger partial charge is 0.0608 e. The summed E-state index contributed by atoms with van der Waals surface area (Å²) in [5.41, 5.74) is 0. The van der Waals surface area contributed by atoms with Crippen molar-refractivity contribution < 1.29 is 23.7 Å². The molecule has 0 radical (unpaired) electrons. The molecule has 12 heteroatoms. The molecule has 0 saturated carbocycles. The first kappa shape index (κ1) is 38.2. The molecule has 218 valence electrons. The van der Waals surface area contributed by atoms with Gasteiger partial charge in [-0.3, -0.25) is 0 Å². The van der Waals surface area contributed by atoms with Crippen LogP contribution in [0.15, 0.2) is 0 Å². The lowest BCUT2D eigenvalue weighted by Gasteiger charge is -2.30. The SMILES string of the molecule is CC(S)COCCSC(COCC(C)S)C(COCC(C)S)SC(COCC(C)S)COCC(C)S. The Labute approximate surface area is 257 Å². The summed E-state index contributed by atoms with van der Waals surface area (Å²) >= 11 is 26.0. The molecule has 36 heavy (non-hydrogen) atoms. The fourth-order valence-corrected chi connectivity index (χ4v) is 6.06. The molecule has 0 amide bonds. The van der Waals surface area contributed by atoms with Crippen molar-refractivity contribution in [3.8, 4) is 0 Å². The molecule has 0 aliphatic carbocycles. The standard InChI is InChI=1S/C24H50O5S7/c1-17(30)8-25-6-7-35-23(15-28-11-20(4)33)24(16-29-12-21(5)34)36-22(13-26-9-18(2)31)14-27-10-19(3)32/h17-24,30-34H,6-16H2,1-5H3. The summed E-state index contributed by atoms with van der Waals surface area (Å²) in [7, 11) is 0. The van der Waals surface area contributed by atoms with Gasteiger partial charge in [0.2, 0.25) is 0 Å². The quantitative estimate of drug-likeness (QED) is 0.0691. The van der Waals surface area contributed by atoms with Crippen molar-refractivity contribution >= 4 is 86.7 Å². The van der Waals surface area contributed by atoms with Crippen LogP contribution in [0.4, 0.5) is 0 Å². The number of rotatable bonds is 25. The van der Waals surface area contributed by atoms with Crippen LogP contribution in [0.25, 0.3) is 0 Å². The van der Waals surface area contributed by atoms with E-state index < -0.39 is 0 Å². The Bertz CT molecular complexity index is 474. The Kier molecular flexibility index (Phi) is 26.6. The Hall–Kier alpha value is 2.25. The zero-order chi connectivity index (χ0) is 27.3. The van der Waals surface area contributed by atoms with Gasteiger partial charge in [0.25, 0.3) is 0 Å². The second kappa shape index (κ2) is 25.0. The topological polar surface area (TPSA) is 46.2 Å². The maximum atomic E-state index is 6.08. The molecule has 0 saturated heterocycles. The molecule has 0 N–H and O–H groups in total. The molecule has 7 atom stereocenters. The third-order valence-electron chi connectivity index (χ3n) is 4.31. The summed E-state index contributed by atoms with van der Waals surface area (Å²) in [5, 5.41) is 1.51. The first-order valence-corrected chi connectivity index (χ1v) is 17.1. The number of ether oxygens (including phenoxy) is 5. The Balaban J connectivity index is 5.37. The largest absolute Gasteiger partial charge is 0.379 e. The van der Waals surface area contributed by atoms with Crippen LogP contribution in [0.1, 0.15) is 34.6 Å². The average molecular weight is 643 g/mol. The van der Waals surface area contributed by atoms with Gasteiger partial charge in [-0.05, 0) is 0 Å². The predicted molar refractivity (Wildman–Crippen MR) is 178 cm³/mol. The monoisotopic (exact) mass is 642 g/mol. The average Bonchev–Trinajstić information content (AvgIpc) is 2.75. The minimum Gasteiger partial charge on any atom is -0.379 e. The Morgan fingerprint density at radius 1 is 0.472 bits per heavy atom.